The van der Waals surface area contributed by atoms with Crippen LogP contribution in [0.3, 0.4) is 0 Å². The van der Waals surface area contributed by atoms with Crippen molar-refractivity contribution in [2.24, 2.45) is 41.4 Å². The monoisotopic (exact) mass is 680 g/mol. The fraction of sp³-hybridized carbons (Fsp3) is 0.615. The normalized spacial score (nSPS) is 35.8. The van der Waals surface area contributed by atoms with Gasteiger partial charge in [0, 0.05) is 23.7 Å². The van der Waals surface area contributed by atoms with Crippen molar-refractivity contribution in [3.8, 4) is 0 Å². The Hall–Kier alpha value is -3.50. The van der Waals surface area contributed by atoms with Gasteiger partial charge in [-0.15, -0.1) is 0 Å². The number of ether oxygens (including phenoxy) is 5. The average molecular weight is 681 g/mol. The standard InChI is InChI=1S/C39H49FO9/c1-6-24-10-8-7-9-20(2)35(42)31-18-29-27-15-25(48-39(44)36(46-5)21(3)45-4)16-28(27)32-17-26(22-11-13-23(40)14-12-22)38(43)49-37(32)34(29)30(31)19-33(41)47-24/h11-14,17-18,20,24-25,27-30,32,34,37,39,44H,6-10,15-16,19H2,1-5H3/b36-21+/t20-,24+,25+,27-,28?,29+,30-,32?,34-,37?,39+/m1/s1. The number of carbonyl (C=O) groups excluding carboxylic acids is 3. The molecular weight excluding hydrogens is 631 g/mol. The van der Waals surface area contributed by atoms with Gasteiger partial charge in [-0.05, 0) is 86.5 Å². The van der Waals surface area contributed by atoms with E-state index in [0.717, 1.165) is 32.1 Å². The number of hydrogen-bond donors (Lipinski definition) is 1. The lowest BCUT2D eigenvalue weighted by Gasteiger charge is -2.49. The van der Waals surface area contributed by atoms with Crippen LogP contribution >= 0.6 is 0 Å². The minimum atomic E-state index is -1.35. The molecule has 0 spiro atoms. The van der Waals surface area contributed by atoms with Crippen LogP contribution in [0.1, 0.15) is 77.7 Å². The van der Waals surface area contributed by atoms with Gasteiger partial charge >= 0.3 is 11.9 Å². The number of benzene rings is 1. The fourth-order valence-electron chi connectivity index (χ4n) is 9.26. The molecule has 0 bridgehead atoms. The van der Waals surface area contributed by atoms with Crippen LogP contribution in [0.5, 0.6) is 0 Å². The second kappa shape index (κ2) is 14.8. The summed E-state index contributed by atoms with van der Waals surface area (Å²) in [5.74, 6) is -2.03. The maximum atomic E-state index is 14.1. The van der Waals surface area contributed by atoms with Gasteiger partial charge in [0.2, 0.25) is 6.29 Å². The number of carbonyl (C=O) groups is 3. The van der Waals surface area contributed by atoms with E-state index in [9.17, 15) is 23.9 Å². The van der Waals surface area contributed by atoms with E-state index < -0.39 is 30.1 Å². The summed E-state index contributed by atoms with van der Waals surface area (Å²) in [6.07, 6.45) is 6.73. The molecule has 11 atom stereocenters. The second-order valence-corrected chi connectivity index (χ2v) is 14.4. The van der Waals surface area contributed by atoms with E-state index in [0.29, 0.717) is 35.3 Å². The number of ketones is 1. The van der Waals surface area contributed by atoms with Crippen LogP contribution in [-0.4, -0.2) is 61.6 Å². The van der Waals surface area contributed by atoms with Gasteiger partial charge in [0.1, 0.15) is 23.8 Å². The van der Waals surface area contributed by atoms with Gasteiger partial charge in [0.05, 0.1) is 32.3 Å². The number of Topliss-reactive ketones (excluding diaryl/α,β-unsaturated/α-hetero) is 1. The van der Waals surface area contributed by atoms with Crippen LogP contribution in [0.25, 0.3) is 5.57 Å². The van der Waals surface area contributed by atoms with Crippen LogP contribution in [0.15, 0.2) is 53.5 Å². The SMILES string of the molecule is CC[C@H]1CCCC[C@@H](C)C(=O)C2=C[C@@H]3[C@@H](C4OC(=O)C(c5ccc(F)cc5)=CC4C4C[C@@H](O[C@H](O)/C(OC)=C(/C)OC)C[C@H]43)[C@@H]2CC(=O)O1. The quantitative estimate of drug-likeness (QED) is 0.201. The Morgan fingerprint density at radius 3 is 2.35 bits per heavy atom. The van der Waals surface area contributed by atoms with E-state index in [4.69, 9.17) is 23.7 Å². The third kappa shape index (κ3) is 6.96. The fourth-order valence-corrected chi connectivity index (χ4v) is 9.26. The third-order valence-electron chi connectivity index (χ3n) is 11.7. The maximum absolute atomic E-state index is 14.1. The Kier molecular flexibility index (Phi) is 10.7. The zero-order valence-corrected chi connectivity index (χ0v) is 29.1. The summed E-state index contributed by atoms with van der Waals surface area (Å²) < 4.78 is 43.1. The summed E-state index contributed by atoms with van der Waals surface area (Å²) in [6.45, 7) is 5.67. The van der Waals surface area contributed by atoms with Crippen LogP contribution in [-0.2, 0) is 38.1 Å². The van der Waals surface area contributed by atoms with Crippen molar-refractivity contribution in [2.45, 2.75) is 96.7 Å². The lowest BCUT2D eigenvalue weighted by Crippen LogP contribution is -2.51. The largest absolute Gasteiger partial charge is 0.498 e. The number of allylic oxidation sites excluding steroid dienone is 3. The van der Waals surface area contributed by atoms with Gasteiger partial charge in [-0.1, -0.05) is 44.6 Å². The van der Waals surface area contributed by atoms with Crippen molar-refractivity contribution in [1.82, 2.24) is 0 Å². The Morgan fingerprint density at radius 2 is 1.67 bits per heavy atom. The van der Waals surface area contributed by atoms with E-state index in [1.165, 1.54) is 26.4 Å². The molecule has 1 N–H and O–H groups in total. The second-order valence-electron chi connectivity index (χ2n) is 14.4. The topological polar surface area (TPSA) is 118 Å². The molecule has 0 amide bonds. The molecule has 49 heavy (non-hydrogen) atoms. The Labute approximate surface area is 287 Å². The van der Waals surface area contributed by atoms with Gasteiger partial charge in [-0.3, -0.25) is 9.59 Å². The minimum Gasteiger partial charge on any atom is -0.498 e. The highest BCUT2D eigenvalue weighted by Gasteiger charge is 2.61. The van der Waals surface area contributed by atoms with E-state index in [1.807, 2.05) is 19.9 Å². The molecule has 6 rings (SSSR count). The van der Waals surface area contributed by atoms with Crippen molar-refractivity contribution in [3.05, 3.63) is 64.9 Å². The highest BCUT2D eigenvalue weighted by Crippen LogP contribution is 2.60. The van der Waals surface area contributed by atoms with E-state index in [-0.39, 0.29) is 71.6 Å². The molecule has 0 radical (unpaired) electrons. The number of hydrogen-bond acceptors (Lipinski definition) is 9. The van der Waals surface area contributed by atoms with Gasteiger partial charge in [-0.25, -0.2) is 9.18 Å². The highest BCUT2D eigenvalue weighted by atomic mass is 19.1. The molecular formula is C39H49FO9. The molecule has 10 heteroatoms. The van der Waals surface area contributed by atoms with Gasteiger partial charge in [-0.2, -0.15) is 0 Å². The first-order valence-electron chi connectivity index (χ1n) is 17.8. The number of fused-ring (bicyclic) bond motifs is 8. The molecule has 1 aromatic rings. The molecule has 1 saturated heterocycles. The summed E-state index contributed by atoms with van der Waals surface area (Å²) >= 11 is 0. The van der Waals surface area contributed by atoms with Crippen molar-refractivity contribution in [1.29, 1.82) is 0 Å². The molecule has 5 aliphatic rings. The van der Waals surface area contributed by atoms with Gasteiger partial charge < -0.3 is 28.8 Å². The predicted octanol–water partition coefficient (Wildman–Crippen LogP) is 6.30. The van der Waals surface area contributed by atoms with Gasteiger partial charge in [0.15, 0.2) is 11.5 Å². The number of aliphatic hydroxyl groups is 1. The molecule has 2 heterocycles. The maximum Gasteiger partial charge on any atom is 0.338 e. The molecule has 2 aliphatic heterocycles. The van der Waals surface area contributed by atoms with Crippen molar-refractivity contribution >= 4 is 23.3 Å². The van der Waals surface area contributed by atoms with Crippen LogP contribution in [0.2, 0.25) is 0 Å². The number of cyclic esters (lactones) is 1. The van der Waals surface area contributed by atoms with Crippen LogP contribution < -0.4 is 0 Å². The summed E-state index contributed by atoms with van der Waals surface area (Å²) in [4.78, 5) is 41.4. The first-order chi connectivity index (χ1) is 23.5. The minimum absolute atomic E-state index is 0.0164. The molecule has 3 unspecified atom stereocenters. The molecule has 0 aromatic heterocycles. The van der Waals surface area contributed by atoms with Gasteiger partial charge in [0.25, 0.3) is 0 Å². The van der Waals surface area contributed by atoms with Crippen molar-refractivity contribution in [3.63, 3.8) is 0 Å². The lowest BCUT2D eigenvalue weighted by atomic mass is 9.59. The molecule has 3 aliphatic carbocycles. The summed E-state index contributed by atoms with van der Waals surface area (Å²) in [7, 11) is 2.94. The van der Waals surface area contributed by atoms with E-state index >= 15 is 0 Å². The van der Waals surface area contributed by atoms with Crippen molar-refractivity contribution in [2.75, 3.05) is 14.2 Å². The molecule has 266 valence electrons. The number of halogens is 1. The lowest BCUT2D eigenvalue weighted by molar-refractivity contribution is -0.161. The van der Waals surface area contributed by atoms with E-state index in [1.54, 1.807) is 19.1 Å². The number of esters is 2. The Morgan fingerprint density at radius 1 is 0.980 bits per heavy atom. The summed E-state index contributed by atoms with van der Waals surface area (Å²) in [6, 6.07) is 5.78. The molecule has 3 fully saturated rings. The molecule has 2 saturated carbocycles. The zero-order valence-electron chi connectivity index (χ0n) is 29.1. The summed E-state index contributed by atoms with van der Waals surface area (Å²) in [5.41, 5.74) is 1.56. The van der Waals surface area contributed by atoms with Crippen molar-refractivity contribution < 1.29 is 47.6 Å². The molecule has 1 aromatic carbocycles. The molecule has 9 nitrogen and oxygen atoms in total. The third-order valence-corrected chi connectivity index (χ3v) is 11.7. The predicted molar refractivity (Wildman–Crippen MR) is 178 cm³/mol. The summed E-state index contributed by atoms with van der Waals surface area (Å²) in [5, 5.41) is 11.0. The van der Waals surface area contributed by atoms with Crippen LogP contribution in [0.4, 0.5) is 4.39 Å². The number of methoxy groups -OCH3 is 2. The first kappa shape index (κ1) is 35.3. The highest BCUT2D eigenvalue weighted by molar-refractivity contribution is 6.17. The Bertz CT molecular complexity index is 1510. The van der Waals surface area contributed by atoms with E-state index in [2.05, 4.69) is 6.08 Å². The smallest absolute Gasteiger partial charge is 0.338 e. The number of rotatable bonds is 7. The average Bonchev–Trinajstić information content (AvgIpc) is 3.67. The zero-order chi connectivity index (χ0) is 35.0. The van der Waals surface area contributed by atoms with Crippen LogP contribution in [0, 0.1) is 47.2 Å². The number of aliphatic hydroxyl groups excluding tert-OH is 1. The Balaban J connectivity index is 1.40. The first-order valence-corrected chi connectivity index (χ1v) is 17.8.